The summed E-state index contributed by atoms with van der Waals surface area (Å²) in [6.45, 7) is 2.25. The second-order valence-corrected chi connectivity index (χ2v) is 5.22. The number of carbonyl (C=O) groups is 1. The minimum absolute atomic E-state index is 0.220. The lowest BCUT2D eigenvalue weighted by atomic mass is 10.2. The Kier molecular flexibility index (Phi) is 4.10. The van der Waals surface area contributed by atoms with Crippen LogP contribution in [-0.2, 0) is 11.3 Å². The standard InChI is InChI=1S/C18H17N3O2/c1-14-17(19-13-22)18(23)20(12-15-8-4-2-5-9-15)21(14)16-10-6-3-7-11-16/h2-11,13H,12H2,1H3,(H,19,22). The highest BCUT2D eigenvalue weighted by Crippen LogP contribution is 2.17. The third-order valence-corrected chi connectivity index (χ3v) is 3.75. The van der Waals surface area contributed by atoms with Crippen molar-refractivity contribution in [2.75, 3.05) is 5.32 Å². The number of rotatable bonds is 5. The zero-order valence-electron chi connectivity index (χ0n) is 12.8. The highest BCUT2D eigenvalue weighted by Gasteiger charge is 2.17. The highest BCUT2D eigenvalue weighted by molar-refractivity contribution is 5.72. The van der Waals surface area contributed by atoms with Crippen LogP contribution < -0.4 is 10.9 Å². The molecule has 0 aliphatic carbocycles. The molecule has 116 valence electrons. The average molecular weight is 307 g/mol. The van der Waals surface area contributed by atoms with Crippen molar-refractivity contribution < 1.29 is 4.79 Å². The summed E-state index contributed by atoms with van der Waals surface area (Å²) in [5.74, 6) is 0. The van der Waals surface area contributed by atoms with Crippen LogP contribution in [0.3, 0.4) is 0 Å². The van der Waals surface area contributed by atoms with Crippen molar-refractivity contribution in [3.8, 4) is 5.69 Å². The van der Waals surface area contributed by atoms with Crippen molar-refractivity contribution in [1.82, 2.24) is 9.36 Å². The SMILES string of the molecule is Cc1c(NC=O)c(=O)n(Cc2ccccc2)n1-c1ccccc1. The Morgan fingerprint density at radius 2 is 1.61 bits per heavy atom. The van der Waals surface area contributed by atoms with E-state index in [1.807, 2.05) is 72.3 Å². The number of nitrogens with zero attached hydrogens (tertiary/aromatic N) is 2. The molecule has 0 spiro atoms. The van der Waals surface area contributed by atoms with Gasteiger partial charge in [0, 0.05) is 0 Å². The fourth-order valence-corrected chi connectivity index (χ4v) is 2.69. The summed E-state index contributed by atoms with van der Waals surface area (Å²) < 4.78 is 3.47. The number of benzene rings is 2. The smallest absolute Gasteiger partial charge is 0.291 e. The fraction of sp³-hybridized carbons (Fsp3) is 0.111. The predicted octanol–water partition coefficient (Wildman–Crippen LogP) is 2.56. The molecule has 3 rings (SSSR count). The van der Waals surface area contributed by atoms with E-state index in [4.69, 9.17) is 0 Å². The van der Waals surface area contributed by atoms with Crippen LogP contribution in [0.25, 0.3) is 5.69 Å². The van der Waals surface area contributed by atoms with Gasteiger partial charge in [0.15, 0.2) is 0 Å². The van der Waals surface area contributed by atoms with Crippen LogP contribution >= 0.6 is 0 Å². The molecule has 1 aromatic heterocycles. The summed E-state index contributed by atoms with van der Waals surface area (Å²) in [4.78, 5) is 23.5. The van der Waals surface area contributed by atoms with Gasteiger partial charge in [-0.05, 0) is 24.6 Å². The molecule has 5 nitrogen and oxygen atoms in total. The summed E-state index contributed by atoms with van der Waals surface area (Å²) >= 11 is 0. The summed E-state index contributed by atoms with van der Waals surface area (Å²) in [6, 6.07) is 19.4. The van der Waals surface area contributed by atoms with Gasteiger partial charge >= 0.3 is 0 Å². The Bertz CT molecular complexity index is 865. The topological polar surface area (TPSA) is 56.0 Å². The number of amides is 1. The van der Waals surface area contributed by atoms with E-state index in [-0.39, 0.29) is 5.56 Å². The molecule has 1 amide bonds. The van der Waals surface area contributed by atoms with Gasteiger partial charge in [-0.25, -0.2) is 4.68 Å². The van der Waals surface area contributed by atoms with E-state index in [9.17, 15) is 9.59 Å². The molecule has 0 saturated heterocycles. The maximum Gasteiger partial charge on any atom is 0.291 e. The molecular weight excluding hydrogens is 290 g/mol. The van der Waals surface area contributed by atoms with Crippen LogP contribution in [0.5, 0.6) is 0 Å². The summed E-state index contributed by atoms with van der Waals surface area (Å²) in [7, 11) is 0. The molecule has 0 fully saturated rings. The Labute approximate surface area is 133 Å². The molecule has 0 aliphatic heterocycles. The first-order valence-electron chi connectivity index (χ1n) is 7.34. The lowest BCUT2D eigenvalue weighted by Crippen LogP contribution is -2.24. The van der Waals surface area contributed by atoms with E-state index in [1.54, 1.807) is 4.68 Å². The minimum Gasteiger partial charge on any atom is -0.323 e. The van der Waals surface area contributed by atoms with Crippen LogP contribution in [0.4, 0.5) is 5.69 Å². The van der Waals surface area contributed by atoms with E-state index in [0.29, 0.717) is 24.3 Å². The number of para-hydroxylation sites is 1. The van der Waals surface area contributed by atoms with Gasteiger partial charge in [-0.15, -0.1) is 0 Å². The van der Waals surface area contributed by atoms with Crippen molar-refractivity contribution in [2.45, 2.75) is 13.5 Å². The van der Waals surface area contributed by atoms with Gasteiger partial charge in [-0.1, -0.05) is 48.5 Å². The highest BCUT2D eigenvalue weighted by atomic mass is 16.1. The molecule has 23 heavy (non-hydrogen) atoms. The molecular formula is C18H17N3O2. The molecule has 0 unspecified atom stereocenters. The molecule has 1 heterocycles. The number of carbonyl (C=O) groups excluding carboxylic acids is 1. The largest absolute Gasteiger partial charge is 0.323 e. The first kappa shape index (κ1) is 14.8. The third-order valence-electron chi connectivity index (χ3n) is 3.75. The summed E-state index contributed by atoms with van der Waals surface area (Å²) in [5.41, 5.74) is 2.67. The van der Waals surface area contributed by atoms with E-state index >= 15 is 0 Å². The molecule has 0 bridgehead atoms. The predicted molar refractivity (Wildman–Crippen MR) is 90.0 cm³/mol. The Morgan fingerprint density at radius 3 is 2.22 bits per heavy atom. The quantitative estimate of drug-likeness (QED) is 0.737. The van der Waals surface area contributed by atoms with Crippen molar-refractivity contribution in [3.63, 3.8) is 0 Å². The van der Waals surface area contributed by atoms with Crippen LogP contribution in [0.15, 0.2) is 65.5 Å². The summed E-state index contributed by atoms with van der Waals surface area (Å²) in [6.07, 6.45) is 0.534. The van der Waals surface area contributed by atoms with Crippen LogP contribution in [0, 0.1) is 6.92 Å². The Morgan fingerprint density at radius 1 is 1.00 bits per heavy atom. The number of aromatic nitrogens is 2. The number of hydrogen-bond acceptors (Lipinski definition) is 2. The molecule has 3 aromatic rings. The summed E-state index contributed by atoms with van der Waals surface area (Å²) in [5, 5.41) is 2.53. The zero-order chi connectivity index (χ0) is 16.2. The third kappa shape index (κ3) is 2.81. The lowest BCUT2D eigenvalue weighted by molar-refractivity contribution is -0.105. The van der Waals surface area contributed by atoms with Gasteiger partial charge < -0.3 is 5.32 Å². The normalized spacial score (nSPS) is 10.5. The van der Waals surface area contributed by atoms with E-state index in [0.717, 1.165) is 11.3 Å². The zero-order valence-corrected chi connectivity index (χ0v) is 12.8. The van der Waals surface area contributed by atoms with Gasteiger partial charge in [0.2, 0.25) is 6.41 Å². The van der Waals surface area contributed by atoms with Gasteiger partial charge in [-0.3, -0.25) is 14.3 Å². The number of hydrogen-bond donors (Lipinski definition) is 1. The molecule has 0 radical (unpaired) electrons. The van der Waals surface area contributed by atoms with Crippen LogP contribution in [0.2, 0.25) is 0 Å². The van der Waals surface area contributed by atoms with Gasteiger partial charge in [0.25, 0.3) is 5.56 Å². The monoisotopic (exact) mass is 307 g/mol. The first-order valence-corrected chi connectivity index (χ1v) is 7.34. The van der Waals surface area contributed by atoms with Crippen molar-refractivity contribution >= 4 is 12.1 Å². The van der Waals surface area contributed by atoms with Crippen molar-refractivity contribution in [1.29, 1.82) is 0 Å². The minimum atomic E-state index is -0.220. The first-order chi connectivity index (χ1) is 11.2. The maximum absolute atomic E-state index is 12.7. The molecule has 5 heteroatoms. The van der Waals surface area contributed by atoms with Crippen molar-refractivity contribution in [2.24, 2.45) is 0 Å². The molecule has 0 aliphatic rings. The van der Waals surface area contributed by atoms with Gasteiger partial charge in [0.1, 0.15) is 5.69 Å². The van der Waals surface area contributed by atoms with E-state index in [1.165, 1.54) is 0 Å². The molecule has 0 saturated carbocycles. The Balaban J connectivity index is 2.18. The number of nitrogens with one attached hydrogen (secondary N) is 1. The molecule has 1 N–H and O–H groups in total. The Hall–Kier alpha value is -3.08. The van der Waals surface area contributed by atoms with Crippen LogP contribution in [0.1, 0.15) is 11.3 Å². The number of anilines is 1. The average Bonchev–Trinajstić information content (AvgIpc) is 2.81. The maximum atomic E-state index is 12.7. The lowest BCUT2D eigenvalue weighted by Gasteiger charge is -2.13. The van der Waals surface area contributed by atoms with E-state index < -0.39 is 0 Å². The molecule has 2 aromatic carbocycles. The van der Waals surface area contributed by atoms with E-state index in [2.05, 4.69) is 5.32 Å². The van der Waals surface area contributed by atoms with Gasteiger partial charge in [0.05, 0.1) is 17.9 Å². The van der Waals surface area contributed by atoms with Gasteiger partial charge in [-0.2, -0.15) is 0 Å². The van der Waals surface area contributed by atoms with Crippen molar-refractivity contribution in [3.05, 3.63) is 82.3 Å². The second-order valence-electron chi connectivity index (χ2n) is 5.22. The van der Waals surface area contributed by atoms with Crippen LogP contribution in [-0.4, -0.2) is 15.8 Å². The second kappa shape index (κ2) is 6.36. The molecule has 0 atom stereocenters. The fourth-order valence-electron chi connectivity index (χ4n) is 2.69.